The number of aliphatic hydroxyl groups excluding tert-OH is 1. The van der Waals surface area contributed by atoms with Gasteiger partial charge >= 0.3 is 0 Å². The van der Waals surface area contributed by atoms with Crippen molar-refractivity contribution < 1.29 is 5.11 Å². The third-order valence-electron chi connectivity index (χ3n) is 3.41. The van der Waals surface area contributed by atoms with Crippen LogP contribution in [0.1, 0.15) is 43.2 Å². The van der Waals surface area contributed by atoms with Crippen molar-refractivity contribution in [2.45, 2.75) is 55.7 Å². The number of pyridine rings is 1. The summed E-state index contributed by atoms with van der Waals surface area (Å²) in [5.74, 6) is 0. The van der Waals surface area contributed by atoms with Gasteiger partial charge in [0.2, 0.25) is 0 Å². The second-order valence-electron chi connectivity index (χ2n) is 4.80. The fourth-order valence-corrected chi connectivity index (χ4v) is 3.63. The molecular weight excluding hydrogens is 230 g/mol. The molecule has 0 spiro atoms. The summed E-state index contributed by atoms with van der Waals surface area (Å²) in [5.41, 5.74) is 2.42. The zero-order valence-electron chi connectivity index (χ0n) is 10.5. The minimum Gasteiger partial charge on any atom is -0.396 e. The first-order valence-corrected chi connectivity index (χ1v) is 7.40. The first-order valence-electron chi connectivity index (χ1n) is 6.52. The summed E-state index contributed by atoms with van der Waals surface area (Å²) in [4.78, 5) is 4.50. The van der Waals surface area contributed by atoms with Crippen LogP contribution in [0.25, 0.3) is 0 Å². The number of rotatable bonds is 4. The van der Waals surface area contributed by atoms with E-state index in [4.69, 9.17) is 5.11 Å². The quantitative estimate of drug-likeness (QED) is 0.891. The van der Waals surface area contributed by atoms with Gasteiger partial charge < -0.3 is 5.11 Å². The van der Waals surface area contributed by atoms with E-state index in [-0.39, 0.29) is 6.61 Å². The normalized spacial score (nSPS) is 17.3. The first kappa shape index (κ1) is 12.9. The minimum absolute atomic E-state index is 0.206. The lowest BCUT2D eigenvalue weighted by atomic mass is 10.0. The van der Waals surface area contributed by atoms with Crippen LogP contribution in [0.2, 0.25) is 0 Å². The molecule has 0 atom stereocenters. The van der Waals surface area contributed by atoms with E-state index in [1.165, 1.54) is 43.2 Å². The lowest BCUT2D eigenvalue weighted by Gasteiger charge is -2.20. The van der Waals surface area contributed by atoms with Crippen molar-refractivity contribution >= 4 is 11.8 Å². The fourth-order valence-electron chi connectivity index (χ4n) is 2.36. The lowest BCUT2D eigenvalue weighted by Crippen LogP contribution is -2.08. The molecule has 0 aromatic carbocycles. The summed E-state index contributed by atoms with van der Waals surface area (Å²) in [6.07, 6.45) is 9.47. The van der Waals surface area contributed by atoms with Crippen LogP contribution in [0.5, 0.6) is 0 Å². The second kappa shape index (κ2) is 6.41. The number of aryl methyl sites for hydroxylation is 1. The topological polar surface area (TPSA) is 33.1 Å². The second-order valence-corrected chi connectivity index (χ2v) is 6.12. The molecule has 1 N–H and O–H groups in total. The summed E-state index contributed by atoms with van der Waals surface area (Å²) in [5, 5.41) is 10.9. The molecule has 1 aliphatic rings. The lowest BCUT2D eigenvalue weighted by molar-refractivity contribution is 0.299. The molecule has 2 nitrogen and oxygen atoms in total. The van der Waals surface area contributed by atoms with E-state index in [9.17, 15) is 0 Å². The Morgan fingerprint density at radius 2 is 2.12 bits per heavy atom. The van der Waals surface area contributed by atoms with Crippen LogP contribution >= 0.6 is 11.8 Å². The summed E-state index contributed by atoms with van der Waals surface area (Å²) in [6.45, 7) is 2.31. The van der Waals surface area contributed by atoms with Crippen LogP contribution in [-0.2, 0) is 6.42 Å². The molecule has 1 saturated carbocycles. The monoisotopic (exact) mass is 251 g/mol. The van der Waals surface area contributed by atoms with E-state index in [0.29, 0.717) is 6.42 Å². The maximum atomic E-state index is 8.94. The molecule has 1 fully saturated rings. The Labute approximate surface area is 108 Å². The highest BCUT2D eigenvalue weighted by atomic mass is 32.2. The molecule has 0 unspecified atom stereocenters. The standard InChI is InChI=1S/C14H21NOS/c1-11-9-14(15-10-12(11)7-8-16)17-13-5-3-2-4-6-13/h9-10,13,16H,2-8H2,1H3. The molecule has 17 heavy (non-hydrogen) atoms. The molecule has 2 rings (SSSR count). The van der Waals surface area contributed by atoms with Gasteiger partial charge in [-0.2, -0.15) is 0 Å². The van der Waals surface area contributed by atoms with E-state index < -0.39 is 0 Å². The van der Waals surface area contributed by atoms with Gasteiger partial charge in [0, 0.05) is 18.1 Å². The Bertz CT molecular complexity index is 361. The molecule has 0 amide bonds. The van der Waals surface area contributed by atoms with Crippen molar-refractivity contribution in [3.05, 3.63) is 23.4 Å². The van der Waals surface area contributed by atoms with Gasteiger partial charge in [0.05, 0.1) is 5.03 Å². The summed E-state index contributed by atoms with van der Waals surface area (Å²) in [7, 11) is 0. The number of hydrogen-bond acceptors (Lipinski definition) is 3. The van der Waals surface area contributed by atoms with Gasteiger partial charge in [-0.05, 0) is 43.4 Å². The SMILES string of the molecule is Cc1cc(SC2CCCCC2)ncc1CCO. The average molecular weight is 251 g/mol. The van der Waals surface area contributed by atoms with Crippen molar-refractivity contribution in [3.8, 4) is 0 Å². The first-order chi connectivity index (χ1) is 8.29. The molecule has 1 heterocycles. The van der Waals surface area contributed by atoms with E-state index in [1.54, 1.807) is 0 Å². The van der Waals surface area contributed by atoms with Gasteiger partial charge in [-0.3, -0.25) is 0 Å². The number of nitrogens with zero attached hydrogens (tertiary/aromatic N) is 1. The Morgan fingerprint density at radius 3 is 2.76 bits per heavy atom. The molecule has 3 heteroatoms. The maximum Gasteiger partial charge on any atom is 0.0965 e. The van der Waals surface area contributed by atoms with Crippen molar-refractivity contribution in [1.82, 2.24) is 4.98 Å². The fraction of sp³-hybridized carbons (Fsp3) is 0.643. The number of aromatic nitrogens is 1. The minimum atomic E-state index is 0.206. The van der Waals surface area contributed by atoms with Crippen LogP contribution < -0.4 is 0 Å². The number of aliphatic hydroxyl groups is 1. The van der Waals surface area contributed by atoms with Crippen molar-refractivity contribution in [2.24, 2.45) is 0 Å². The molecule has 1 aromatic rings. The average Bonchev–Trinajstić information content (AvgIpc) is 2.34. The Balaban J connectivity index is 1.98. The summed E-state index contributed by atoms with van der Waals surface area (Å²) >= 11 is 1.93. The van der Waals surface area contributed by atoms with E-state index in [0.717, 1.165) is 10.3 Å². The highest BCUT2D eigenvalue weighted by molar-refractivity contribution is 7.99. The predicted molar refractivity (Wildman–Crippen MR) is 72.5 cm³/mol. The van der Waals surface area contributed by atoms with Crippen LogP contribution in [-0.4, -0.2) is 21.9 Å². The van der Waals surface area contributed by atoms with Crippen molar-refractivity contribution in [2.75, 3.05) is 6.61 Å². The smallest absolute Gasteiger partial charge is 0.0965 e. The van der Waals surface area contributed by atoms with Gasteiger partial charge in [0.15, 0.2) is 0 Å². The molecule has 1 aliphatic carbocycles. The highest BCUT2D eigenvalue weighted by Gasteiger charge is 2.15. The van der Waals surface area contributed by atoms with Gasteiger partial charge in [-0.1, -0.05) is 19.3 Å². The van der Waals surface area contributed by atoms with Gasteiger partial charge in [-0.15, -0.1) is 11.8 Å². The summed E-state index contributed by atoms with van der Waals surface area (Å²) < 4.78 is 0. The third-order valence-corrected chi connectivity index (χ3v) is 4.68. The molecule has 0 bridgehead atoms. The van der Waals surface area contributed by atoms with Crippen LogP contribution in [0.4, 0.5) is 0 Å². The molecule has 0 saturated heterocycles. The van der Waals surface area contributed by atoms with Crippen LogP contribution in [0.15, 0.2) is 17.3 Å². The van der Waals surface area contributed by atoms with E-state index in [2.05, 4.69) is 18.0 Å². The number of hydrogen-bond donors (Lipinski definition) is 1. The Kier molecular flexibility index (Phi) is 4.86. The Morgan fingerprint density at radius 1 is 1.35 bits per heavy atom. The van der Waals surface area contributed by atoms with Crippen molar-refractivity contribution in [3.63, 3.8) is 0 Å². The van der Waals surface area contributed by atoms with Gasteiger partial charge in [-0.25, -0.2) is 4.98 Å². The zero-order valence-corrected chi connectivity index (χ0v) is 11.3. The third kappa shape index (κ3) is 3.71. The van der Waals surface area contributed by atoms with E-state index in [1.807, 2.05) is 18.0 Å². The van der Waals surface area contributed by atoms with Crippen LogP contribution in [0, 0.1) is 6.92 Å². The van der Waals surface area contributed by atoms with Crippen molar-refractivity contribution in [1.29, 1.82) is 0 Å². The van der Waals surface area contributed by atoms with Gasteiger partial charge in [0.25, 0.3) is 0 Å². The van der Waals surface area contributed by atoms with Gasteiger partial charge in [0.1, 0.15) is 0 Å². The largest absolute Gasteiger partial charge is 0.396 e. The highest BCUT2D eigenvalue weighted by Crippen LogP contribution is 2.33. The zero-order chi connectivity index (χ0) is 12.1. The predicted octanol–water partition coefficient (Wildman–Crippen LogP) is 3.35. The molecule has 94 valence electrons. The van der Waals surface area contributed by atoms with E-state index >= 15 is 0 Å². The Hall–Kier alpha value is -0.540. The number of thioether (sulfide) groups is 1. The summed E-state index contributed by atoms with van der Waals surface area (Å²) in [6, 6.07) is 2.17. The molecule has 0 radical (unpaired) electrons. The molecule has 1 aromatic heterocycles. The van der Waals surface area contributed by atoms with Crippen LogP contribution in [0.3, 0.4) is 0 Å². The maximum absolute atomic E-state index is 8.94. The molecule has 0 aliphatic heterocycles. The molecular formula is C14H21NOS.